The average molecular weight is 472 g/mol. The number of nitrogens with zero attached hydrogens (tertiary/aromatic N) is 4. The quantitative estimate of drug-likeness (QED) is 0.440. The Morgan fingerprint density at radius 1 is 0.848 bits per heavy atom. The number of anilines is 3. The SMILES string of the molecule is CC(C)(CO)Nc1cc(Nc2ccnc(C(F)(F)F)c2)nc(-c2cccc(C(F)(F)F)n2)n1. The number of aliphatic hydroxyl groups is 1. The number of alkyl halides is 6. The molecular formula is C20H18F6N6O. The smallest absolute Gasteiger partial charge is 0.394 e. The van der Waals surface area contributed by atoms with Crippen molar-refractivity contribution in [1.29, 1.82) is 0 Å². The van der Waals surface area contributed by atoms with Crippen LogP contribution in [0.3, 0.4) is 0 Å². The fourth-order valence-corrected chi connectivity index (χ4v) is 2.60. The maximum absolute atomic E-state index is 13.1. The lowest BCUT2D eigenvalue weighted by Gasteiger charge is -2.24. The van der Waals surface area contributed by atoms with E-state index in [-0.39, 0.29) is 35.4 Å². The lowest BCUT2D eigenvalue weighted by atomic mass is 10.1. The lowest BCUT2D eigenvalue weighted by Crippen LogP contribution is -2.35. The largest absolute Gasteiger partial charge is 0.433 e. The minimum Gasteiger partial charge on any atom is -0.394 e. The van der Waals surface area contributed by atoms with Gasteiger partial charge in [-0.2, -0.15) is 26.3 Å². The van der Waals surface area contributed by atoms with Gasteiger partial charge in [0.2, 0.25) is 0 Å². The molecule has 0 saturated heterocycles. The second kappa shape index (κ2) is 8.81. The monoisotopic (exact) mass is 472 g/mol. The van der Waals surface area contributed by atoms with Gasteiger partial charge in [0.05, 0.1) is 12.1 Å². The van der Waals surface area contributed by atoms with E-state index in [1.54, 1.807) is 13.8 Å². The van der Waals surface area contributed by atoms with Crippen LogP contribution in [0.5, 0.6) is 0 Å². The molecule has 0 atom stereocenters. The van der Waals surface area contributed by atoms with Gasteiger partial charge < -0.3 is 15.7 Å². The third-order valence-corrected chi connectivity index (χ3v) is 4.18. The van der Waals surface area contributed by atoms with Gasteiger partial charge in [0.15, 0.2) is 5.82 Å². The van der Waals surface area contributed by atoms with Gasteiger partial charge in [-0.05, 0) is 38.1 Å². The van der Waals surface area contributed by atoms with E-state index in [4.69, 9.17) is 0 Å². The van der Waals surface area contributed by atoms with Gasteiger partial charge in [0, 0.05) is 18.0 Å². The fourth-order valence-electron chi connectivity index (χ4n) is 2.60. The fraction of sp³-hybridized carbons (Fsp3) is 0.300. The van der Waals surface area contributed by atoms with Gasteiger partial charge >= 0.3 is 12.4 Å². The van der Waals surface area contributed by atoms with Crippen molar-refractivity contribution in [3.05, 3.63) is 54.0 Å². The summed E-state index contributed by atoms with van der Waals surface area (Å²) < 4.78 is 78.1. The van der Waals surface area contributed by atoms with Crippen molar-refractivity contribution in [3.8, 4) is 11.5 Å². The Balaban J connectivity index is 2.06. The first kappa shape index (κ1) is 24.2. The van der Waals surface area contributed by atoms with Crippen LogP contribution < -0.4 is 10.6 Å². The summed E-state index contributed by atoms with van der Waals surface area (Å²) in [6.45, 7) is 2.97. The predicted octanol–water partition coefficient (Wildman–Crippen LogP) is 4.90. The Hall–Kier alpha value is -3.48. The van der Waals surface area contributed by atoms with Crippen molar-refractivity contribution < 1.29 is 31.4 Å². The first-order valence-electron chi connectivity index (χ1n) is 9.40. The zero-order chi connectivity index (χ0) is 24.4. The zero-order valence-corrected chi connectivity index (χ0v) is 17.3. The molecule has 0 amide bonds. The molecule has 33 heavy (non-hydrogen) atoms. The van der Waals surface area contributed by atoms with Crippen LogP contribution in [0.25, 0.3) is 11.5 Å². The lowest BCUT2D eigenvalue weighted by molar-refractivity contribution is -0.141. The van der Waals surface area contributed by atoms with Crippen LogP contribution in [0.15, 0.2) is 42.6 Å². The highest BCUT2D eigenvalue weighted by atomic mass is 19.4. The molecule has 176 valence electrons. The summed E-state index contributed by atoms with van der Waals surface area (Å²) in [7, 11) is 0. The highest BCUT2D eigenvalue weighted by molar-refractivity contribution is 5.64. The topological polar surface area (TPSA) is 95.8 Å². The summed E-state index contributed by atoms with van der Waals surface area (Å²) in [5.74, 6) is -0.131. The molecule has 0 radical (unpaired) electrons. The third-order valence-electron chi connectivity index (χ3n) is 4.18. The number of pyridine rings is 2. The number of aliphatic hydroxyl groups excluding tert-OH is 1. The van der Waals surface area contributed by atoms with Gasteiger partial charge in [-0.3, -0.25) is 4.98 Å². The molecule has 3 rings (SSSR count). The molecule has 0 aromatic carbocycles. The van der Waals surface area contributed by atoms with E-state index < -0.39 is 29.3 Å². The number of rotatable bonds is 6. The first-order valence-corrected chi connectivity index (χ1v) is 9.40. The predicted molar refractivity (Wildman–Crippen MR) is 108 cm³/mol. The zero-order valence-electron chi connectivity index (χ0n) is 17.3. The van der Waals surface area contributed by atoms with Crippen molar-refractivity contribution >= 4 is 17.3 Å². The van der Waals surface area contributed by atoms with E-state index in [1.807, 2.05) is 0 Å². The van der Waals surface area contributed by atoms with Crippen molar-refractivity contribution in [3.63, 3.8) is 0 Å². The summed E-state index contributed by atoms with van der Waals surface area (Å²) in [5.41, 5.74) is -3.38. The molecule has 0 bridgehead atoms. The Labute approximate surface area is 184 Å². The van der Waals surface area contributed by atoms with Crippen LogP contribution >= 0.6 is 0 Å². The number of hydrogen-bond acceptors (Lipinski definition) is 7. The van der Waals surface area contributed by atoms with Crippen LogP contribution in [0.1, 0.15) is 25.2 Å². The number of halogens is 6. The molecule has 3 aromatic rings. The van der Waals surface area contributed by atoms with Crippen LogP contribution in [-0.2, 0) is 12.4 Å². The molecule has 3 aromatic heterocycles. The van der Waals surface area contributed by atoms with Crippen molar-refractivity contribution in [2.45, 2.75) is 31.7 Å². The highest BCUT2D eigenvalue weighted by Crippen LogP contribution is 2.31. The summed E-state index contributed by atoms with van der Waals surface area (Å²) >= 11 is 0. The van der Waals surface area contributed by atoms with Gasteiger partial charge in [-0.25, -0.2) is 15.0 Å². The molecule has 7 nitrogen and oxygen atoms in total. The molecule has 0 aliphatic rings. The van der Waals surface area contributed by atoms with Crippen LogP contribution in [0.2, 0.25) is 0 Å². The van der Waals surface area contributed by atoms with E-state index in [9.17, 15) is 31.4 Å². The molecule has 3 heterocycles. The summed E-state index contributed by atoms with van der Waals surface area (Å²) in [6.07, 6.45) is -8.42. The third kappa shape index (κ3) is 6.28. The van der Waals surface area contributed by atoms with E-state index in [0.29, 0.717) is 0 Å². The molecule has 0 unspecified atom stereocenters. The van der Waals surface area contributed by atoms with Crippen LogP contribution in [0.4, 0.5) is 43.7 Å². The second-order valence-electron chi connectivity index (χ2n) is 7.59. The minimum atomic E-state index is -4.70. The minimum absolute atomic E-state index is 0.00801. The van der Waals surface area contributed by atoms with Gasteiger partial charge in [0.25, 0.3) is 0 Å². The van der Waals surface area contributed by atoms with E-state index in [1.165, 1.54) is 18.2 Å². The molecule has 0 aliphatic carbocycles. The maximum atomic E-state index is 13.1. The van der Waals surface area contributed by atoms with Crippen molar-refractivity contribution in [2.24, 2.45) is 0 Å². The van der Waals surface area contributed by atoms with Gasteiger partial charge in [-0.1, -0.05) is 6.07 Å². The van der Waals surface area contributed by atoms with E-state index in [0.717, 1.165) is 24.4 Å². The first-order chi connectivity index (χ1) is 15.3. The Bertz CT molecular complexity index is 1130. The number of aromatic nitrogens is 4. The Kier molecular flexibility index (Phi) is 6.45. The average Bonchev–Trinajstić information content (AvgIpc) is 2.72. The molecule has 0 fully saturated rings. The summed E-state index contributed by atoms with van der Waals surface area (Å²) in [6, 6.07) is 6.55. The molecular weight excluding hydrogens is 454 g/mol. The number of hydrogen-bond donors (Lipinski definition) is 3. The normalized spacial score (nSPS) is 12.5. The van der Waals surface area contributed by atoms with Crippen LogP contribution in [0, 0.1) is 0 Å². The molecule has 0 spiro atoms. The molecule has 0 aliphatic heterocycles. The summed E-state index contributed by atoms with van der Waals surface area (Å²) in [4.78, 5) is 15.1. The Morgan fingerprint density at radius 2 is 1.52 bits per heavy atom. The molecule has 3 N–H and O–H groups in total. The van der Waals surface area contributed by atoms with E-state index in [2.05, 4.69) is 30.6 Å². The standard InChI is InChI=1S/C20H18F6N6O/c1-18(2,10-33)32-16-9-15(28-11-6-7-27-14(8-11)20(24,25)26)30-17(31-16)12-4-3-5-13(29-12)19(21,22)23/h3-9,33H,10H2,1-2H3,(H2,27,28,30,31,32). The van der Waals surface area contributed by atoms with Crippen molar-refractivity contribution in [1.82, 2.24) is 19.9 Å². The molecule has 13 heteroatoms. The van der Waals surface area contributed by atoms with Gasteiger partial charge in [-0.15, -0.1) is 0 Å². The van der Waals surface area contributed by atoms with Crippen LogP contribution in [-0.4, -0.2) is 37.2 Å². The Morgan fingerprint density at radius 3 is 2.15 bits per heavy atom. The maximum Gasteiger partial charge on any atom is 0.433 e. The second-order valence-corrected chi connectivity index (χ2v) is 7.59. The molecule has 0 saturated carbocycles. The highest BCUT2D eigenvalue weighted by Gasteiger charge is 2.33. The van der Waals surface area contributed by atoms with Crippen molar-refractivity contribution in [2.75, 3.05) is 17.2 Å². The number of nitrogens with one attached hydrogen (secondary N) is 2. The summed E-state index contributed by atoms with van der Waals surface area (Å²) in [5, 5.41) is 15.1. The van der Waals surface area contributed by atoms with E-state index >= 15 is 0 Å². The van der Waals surface area contributed by atoms with Gasteiger partial charge in [0.1, 0.15) is 28.7 Å².